The molecule has 0 spiro atoms. The number of fused-ring (bicyclic) bond motifs is 1. The summed E-state index contributed by atoms with van der Waals surface area (Å²) in [5.74, 6) is 0. The highest BCUT2D eigenvalue weighted by Crippen LogP contribution is 2.29. The van der Waals surface area contributed by atoms with Crippen molar-refractivity contribution in [3.63, 3.8) is 0 Å². The number of aryl methyl sites for hydroxylation is 2. The van der Waals surface area contributed by atoms with E-state index in [0.717, 1.165) is 43.1 Å². The second-order valence-electron chi connectivity index (χ2n) is 6.50. The Morgan fingerprint density at radius 1 is 0.875 bits per heavy atom. The van der Waals surface area contributed by atoms with E-state index >= 15 is 0 Å². The van der Waals surface area contributed by atoms with Gasteiger partial charge in [-0.1, -0.05) is 69.9 Å². The Kier molecular flexibility index (Phi) is 6.81. The summed E-state index contributed by atoms with van der Waals surface area (Å²) in [5.41, 5.74) is 1.94. The van der Waals surface area contributed by atoms with Crippen molar-refractivity contribution < 1.29 is 13.0 Å². The van der Waals surface area contributed by atoms with Crippen molar-refractivity contribution in [1.29, 1.82) is 0 Å². The van der Waals surface area contributed by atoms with Crippen molar-refractivity contribution in [2.24, 2.45) is 0 Å². The summed E-state index contributed by atoms with van der Waals surface area (Å²) in [5, 5.41) is 1.52. The second-order valence-corrected chi connectivity index (χ2v) is 7.86. The maximum atomic E-state index is 12.0. The Morgan fingerprint density at radius 3 is 2.17 bits per heavy atom. The fourth-order valence-electron chi connectivity index (χ4n) is 3.20. The Morgan fingerprint density at radius 2 is 1.54 bits per heavy atom. The molecule has 4 heteroatoms. The molecule has 0 saturated carbocycles. The van der Waals surface area contributed by atoms with Crippen molar-refractivity contribution in [3.05, 3.63) is 41.5 Å². The second kappa shape index (κ2) is 8.63. The molecule has 24 heavy (non-hydrogen) atoms. The van der Waals surface area contributed by atoms with Gasteiger partial charge in [0, 0.05) is 5.39 Å². The lowest BCUT2D eigenvalue weighted by atomic mass is 9.99. The van der Waals surface area contributed by atoms with E-state index in [0.29, 0.717) is 11.8 Å². The summed E-state index contributed by atoms with van der Waals surface area (Å²) in [6.45, 7) is 4.29. The van der Waals surface area contributed by atoms with Crippen LogP contribution in [0.4, 0.5) is 0 Å². The zero-order chi connectivity index (χ0) is 17.6. The van der Waals surface area contributed by atoms with E-state index in [1.165, 1.54) is 18.4 Å². The van der Waals surface area contributed by atoms with E-state index in [1.54, 1.807) is 0 Å². The molecule has 0 aliphatic heterocycles. The van der Waals surface area contributed by atoms with Crippen LogP contribution in [0.1, 0.15) is 63.5 Å². The molecule has 0 fully saturated rings. The van der Waals surface area contributed by atoms with E-state index in [2.05, 4.69) is 19.9 Å². The zero-order valence-corrected chi connectivity index (χ0v) is 15.5. The fourth-order valence-corrected chi connectivity index (χ4v) is 4.16. The Labute approximate surface area is 145 Å². The maximum Gasteiger partial charge on any atom is 0.295 e. The fraction of sp³-hybridized carbons (Fsp3) is 0.500. The zero-order valence-electron chi connectivity index (χ0n) is 14.7. The van der Waals surface area contributed by atoms with Crippen LogP contribution in [0.3, 0.4) is 0 Å². The number of hydrogen-bond donors (Lipinski definition) is 1. The molecular formula is C20H28O3S. The number of benzene rings is 2. The van der Waals surface area contributed by atoms with Crippen molar-refractivity contribution >= 4 is 20.9 Å². The Balaban J connectivity index is 2.41. The Bertz CT molecular complexity index is 779. The molecule has 0 aromatic heterocycles. The predicted octanol–water partition coefficient (Wildman–Crippen LogP) is 5.55. The molecule has 0 aliphatic rings. The minimum absolute atomic E-state index is 0.0937. The maximum absolute atomic E-state index is 12.0. The standard InChI is InChI=1S/C20H28O3S/c1-3-5-7-9-16-11-14-19-18(15-16)13-12-17(10-8-6-4-2)20(19)24(21,22)23/h11-15H,3-10H2,1-2H3,(H,21,22,23). The highest BCUT2D eigenvalue weighted by Gasteiger charge is 2.19. The number of unbranched alkanes of at least 4 members (excludes halogenated alkanes) is 4. The van der Waals surface area contributed by atoms with E-state index in [4.69, 9.17) is 0 Å². The first-order chi connectivity index (χ1) is 11.5. The van der Waals surface area contributed by atoms with Crippen LogP contribution < -0.4 is 0 Å². The first-order valence-corrected chi connectivity index (χ1v) is 10.4. The lowest BCUT2D eigenvalue weighted by Gasteiger charge is -2.12. The van der Waals surface area contributed by atoms with Gasteiger partial charge in [-0.15, -0.1) is 0 Å². The molecular weight excluding hydrogens is 320 g/mol. The molecule has 2 aromatic carbocycles. The van der Waals surface area contributed by atoms with Crippen LogP contribution in [-0.4, -0.2) is 13.0 Å². The van der Waals surface area contributed by atoms with Crippen LogP contribution in [0.25, 0.3) is 10.8 Å². The summed E-state index contributed by atoms with van der Waals surface area (Å²) in [6, 6.07) is 9.73. The van der Waals surface area contributed by atoms with Crippen molar-refractivity contribution in [3.8, 4) is 0 Å². The lowest BCUT2D eigenvalue weighted by molar-refractivity contribution is 0.483. The summed E-state index contributed by atoms with van der Waals surface area (Å²) < 4.78 is 33.6. The number of rotatable bonds is 9. The van der Waals surface area contributed by atoms with Gasteiger partial charge in [0.15, 0.2) is 0 Å². The quantitative estimate of drug-likeness (QED) is 0.477. The molecule has 0 unspecified atom stereocenters. The highest BCUT2D eigenvalue weighted by atomic mass is 32.2. The van der Waals surface area contributed by atoms with Crippen LogP contribution in [0.2, 0.25) is 0 Å². The molecule has 0 saturated heterocycles. The van der Waals surface area contributed by atoms with Gasteiger partial charge in [-0.3, -0.25) is 4.55 Å². The van der Waals surface area contributed by atoms with Crippen LogP contribution in [-0.2, 0) is 23.0 Å². The minimum Gasteiger partial charge on any atom is -0.282 e. The van der Waals surface area contributed by atoms with Crippen molar-refractivity contribution in [1.82, 2.24) is 0 Å². The lowest BCUT2D eigenvalue weighted by Crippen LogP contribution is -2.05. The average molecular weight is 349 g/mol. The molecule has 0 aliphatic carbocycles. The molecule has 2 aromatic rings. The van der Waals surface area contributed by atoms with E-state index in [1.807, 2.05) is 24.3 Å². The van der Waals surface area contributed by atoms with Gasteiger partial charge in [-0.2, -0.15) is 8.42 Å². The van der Waals surface area contributed by atoms with Crippen molar-refractivity contribution in [2.75, 3.05) is 0 Å². The van der Waals surface area contributed by atoms with Gasteiger partial charge in [-0.25, -0.2) is 0 Å². The van der Waals surface area contributed by atoms with E-state index in [-0.39, 0.29) is 4.90 Å². The van der Waals surface area contributed by atoms with E-state index in [9.17, 15) is 13.0 Å². The number of hydrogen-bond acceptors (Lipinski definition) is 2. The van der Waals surface area contributed by atoms with Crippen LogP contribution in [0, 0.1) is 0 Å². The molecule has 0 amide bonds. The van der Waals surface area contributed by atoms with Gasteiger partial charge in [-0.05, 0) is 42.2 Å². The summed E-state index contributed by atoms with van der Waals surface area (Å²) in [4.78, 5) is 0.0937. The smallest absolute Gasteiger partial charge is 0.282 e. The molecule has 3 nitrogen and oxygen atoms in total. The first kappa shape index (κ1) is 18.9. The summed E-state index contributed by atoms with van der Waals surface area (Å²) in [7, 11) is -4.23. The van der Waals surface area contributed by atoms with Gasteiger partial charge >= 0.3 is 0 Å². The summed E-state index contributed by atoms with van der Waals surface area (Å²) in [6.07, 6.45) is 8.27. The molecule has 0 bridgehead atoms. The third-order valence-corrected chi connectivity index (χ3v) is 5.49. The first-order valence-electron chi connectivity index (χ1n) is 8.99. The average Bonchev–Trinajstić information content (AvgIpc) is 2.54. The topological polar surface area (TPSA) is 54.4 Å². The van der Waals surface area contributed by atoms with Gasteiger partial charge in [0.25, 0.3) is 10.1 Å². The Hall–Kier alpha value is -1.39. The van der Waals surface area contributed by atoms with Crippen molar-refractivity contribution in [2.45, 2.75) is 70.1 Å². The third kappa shape index (κ3) is 4.81. The summed E-state index contributed by atoms with van der Waals surface area (Å²) >= 11 is 0. The van der Waals surface area contributed by atoms with Gasteiger partial charge in [0.2, 0.25) is 0 Å². The highest BCUT2D eigenvalue weighted by molar-refractivity contribution is 7.86. The molecule has 2 rings (SSSR count). The third-order valence-electron chi connectivity index (χ3n) is 4.49. The molecule has 132 valence electrons. The molecule has 0 heterocycles. The van der Waals surface area contributed by atoms with Crippen LogP contribution in [0.5, 0.6) is 0 Å². The van der Waals surface area contributed by atoms with Gasteiger partial charge in [0.1, 0.15) is 4.90 Å². The van der Waals surface area contributed by atoms with Crippen LogP contribution in [0.15, 0.2) is 35.2 Å². The van der Waals surface area contributed by atoms with Gasteiger partial charge in [0.05, 0.1) is 0 Å². The molecule has 0 radical (unpaired) electrons. The normalized spacial score (nSPS) is 12.0. The molecule has 1 N–H and O–H groups in total. The SMILES string of the molecule is CCCCCc1ccc2c(S(=O)(=O)O)c(CCCCC)ccc2c1. The predicted molar refractivity (Wildman–Crippen MR) is 100 cm³/mol. The minimum atomic E-state index is -4.23. The van der Waals surface area contributed by atoms with E-state index < -0.39 is 10.1 Å². The largest absolute Gasteiger partial charge is 0.295 e. The van der Waals surface area contributed by atoms with Gasteiger partial charge < -0.3 is 0 Å². The monoisotopic (exact) mass is 348 g/mol. The molecule has 0 atom stereocenters. The van der Waals surface area contributed by atoms with Crippen LogP contribution >= 0.6 is 0 Å².